The van der Waals surface area contributed by atoms with Crippen molar-refractivity contribution in [3.63, 3.8) is 0 Å². The highest BCUT2D eigenvalue weighted by Gasteiger charge is 2.22. The number of nitrogens with zero attached hydrogens (tertiary/aromatic N) is 8. The largest absolute Gasteiger partial charge is 0.458 e. The van der Waals surface area contributed by atoms with Gasteiger partial charge in [0, 0.05) is 22.0 Å². The van der Waals surface area contributed by atoms with Crippen molar-refractivity contribution >= 4 is 17.3 Å². The molecule has 1 aromatic rings. The van der Waals surface area contributed by atoms with Crippen LogP contribution in [0.2, 0.25) is 0 Å². The van der Waals surface area contributed by atoms with Gasteiger partial charge < -0.3 is 4.74 Å². The fourth-order valence-electron chi connectivity index (χ4n) is 1.53. The van der Waals surface area contributed by atoms with Crippen LogP contribution >= 0.6 is 0 Å². The topological polar surface area (TPSA) is 210 Å². The number of azide groups is 2. The third-order valence-corrected chi connectivity index (χ3v) is 2.53. The normalized spacial score (nSPS) is 10.7. The van der Waals surface area contributed by atoms with Gasteiger partial charge in [0.2, 0.25) is 0 Å². The van der Waals surface area contributed by atoms with Gasteiger partial charge in [0.15, 0.2) is 0 Å². The van der Waals surface area contributed by atoms with Gasteiger partial charge in [-0.2, -0.15) is 0 Å². The van der Waals surface area contributed by atoms with E-state index >= 15 is 0 Å². The molecule has 0 atom stereocenters. The molecule has 0 aliphatic rings. The van der Waals surface area contributed by atoms with Crippen molar-refractivity contribution in [1.29, 1.82) is 0 Å². The molecule has 0 aliphatic carbocycles. The van der Waals surface area contributed by atoms with Gasteiger partial charge in [-0.15, -0.1) is 0 Å². The fourth-order valence-corrected chi connectivity index (χ4v) is 1.53. The summed E-state index contributed by atoms with van der Waals surface area (Å²) in [5, 5.41) is 27.9. The smallest absolute Gasteiger partial charge is 0.338 e. The van der Waals surface area contributed by atoms with E-state index in [1.165, 1.54) is 0 Å². The van der Waals surface area contributed by atoms with E-state index in [-0.39, 0.29) is 13.1 Å². The average molecular weight is 336 g/mol. The number of nitro benzene ring substituents is 2. The molecule has 0 spiro atoms. The molecule has 0 aliphatic heterocycles. The van der Waals surface area contributed by atoms with E-state index in [1.807, 2.05) is 0 Å². The first-order valence-corrected chi connectivity index (χ1v) is 6.05. The maximum absolute atomic E-state index is 12.0. The molecule has 0 aromatic heterocycles. The van der Waals surface area contributed by atoms with Crippen LogP contribution in [-0.2, 0) is 4.74 Å². The summed E-state index contributed by atoms with van der Waals surface area (Å²) >= 11 is 0. The van der Waals surface area contributed by atoms with Crippen LogP contribution in [0.4, 0.5) is 11.4 Å². The molecule has 14 nitrogen and oxygen atoms in total. The number of rotatable bonds is 8. The lowest BCUT2D eigenvalue weighted by Gasteiger charge is -2.13. The highest BCUT2D eigenvalue weighted by atomic mass is 16.6. The highest BCUT2D eigenvalue weighted by Crippen LogP contribution is 2.23. The second-order valence-electron chi connectivity index (χ2n) is 4.11. The van der Waals surface area contributed by atoms with Crippen molar-refractivity contribution in [2.45, 2.75) is 6.10 Å². The monoisotopic (exact) mass is 336 g/mol. The predicted molar refractivity (Wildman–Crippen MR) is 77.0 cm³/mol. The zero-order valence-corrected chi connectivity index (χ0v) is 11.8. The van der Waals surface area contributed by atoms with Crippen LogP contribution in [0.5, 0.6) is 0 Å². The molecule has 0 N–H and O–H groups in total. The third-order valence-electron chi connectivity index (χ3n) is 2.53. The second-order valence-corrected chi connectivity index (χ2v) is 4.11. The van der Waals surface area contributed by atoms with Gasteiger partial charge in [-0.05, 0) is 11.1 Å². The Hall–Kier alpha value is -3.89. The SMILES string of the molecule is [N-]=[N+]=NCC(CN=[N+]=[N-])OC(=O)c1cc([N+](=O)[O-])cc([N+](=O)[O-])c1. The zero-order chi connectivity index (χ0) is 18.1. The molecule has 0 fully saturated rings. The molecule has 0 heterocycles. The van der Waals surface area contributed by atoms with Gasteiger partial charge in [0.05, 0.1) is 34.6 Å². The van der Waals surface area contributed by atoms with Crippen molar-refractivity contribution in [3.05, 3.63) is 64.9 Å². The summed E-state index contributed by atoms with van der Waals surface area (Å²) in [6.07, 6.45) is -1.12. The first kappa shape index (κ1) is 18.2. The summed E-state index contributed by atoms with van der Waals surface area (Å²) in [6.45, 7) is -0.698. The van der Waals surface area contributed by atoms with E-state index < -0.39 is 38.9 Å². The molecule has 1 aromatic carbocycles. The number of hydrogen-bond donors (Lipinski definition) is 0. The van der Waals surface area contributed by atoms with E-state index in [9.17, 15) is 25.0 Å². The van der Waals surface area contributed by atoms with E-state index in [0.29, 0.717) is 6.07 Å². The van der Waals surface area contributed by atoms with Crippen molar-refractivity contribution in [2.75, 3.05) is 13.1 Å². The van der Waals surface area contributed by atoms with Gasteiger partial charge in [0.25, 0.3) is 11.4 Å². The molecule has 14 heteroatoms. The minimum atomic E-state index is -1.13. The van der Waals surface area contributed by atoms with Crippen LogP contribution < -0.4 is 0 Å². The van der Waals surface area contributed by atoms with E-state index in [1.54, 1.807) is 0 Å². The summed E-state index contributed by atoms with van der Waals surface area (Å²) in [4.78, 5) is 36.7. The Balaban J connectivity index is 3.11. The Morgan fingerprint density at radius 2 is 1.54 bits per heavy atom. The summed E-state index contributed by atoms with van der Waals surface area (Å²) < 4.78 is 4.90. The summed E-state index contributed by atoms with van der Waals surface area (Å²) in [5.74, 6) is -1.13. The molecule has 0 unspecified atom stereocenters. The number of ether oxygens (including phenoxy) is 1. The number of non-ortho nitro benzene ring substituents is 2. The molecule has 0 bridgehead atoms. The summed E-state index contributed by atoms with van der Waals surface area (Å²) in [7, 11) is 0. The Kier molecular flexibility index (Phi) is 6.45. The molecular weight excluding hydrogens is 328 g/mol. The molecule has 0 radical (unpaired) electrons. The van der Waals surface area contributed by atoms with Crippen molar-refractivity contribution in [2.24, 2.45) is 10.2 Å². The molecule has 24 heavy (non-hydrogen) atoms. The van der Waals surface area contributed by atoms with Crippen molar-refractivity contribution in [1.82, 2.24) is 0 Å². The number of nitro groups is 2. The Labute approximate surface area is 132 Å². The number of esters is 1. The number of benzene rings is 1. The quantitative estimate of drug-likeness (QED) is 0.173. The Morgan fingerprint density at radius 3 is 1.92 bits per heavy atom. The molecule has 0 saturated carbocycles. The molecule has 124 valence electrons. The standard InChI is InChI=1S/C10H8N8O6/c11-15-13-4-9(5-14-16-12)24-10(19)6-1-7(17(20)21)3-8(2-6)18(22)23/h1-3,9H,4-5H2. The van der Waals surface area contributed by atoms with Crippen LogP contribution in [-0.4, -0.2) is 35.0 Å². The molecule has 0 saturated heterocycles. The van der Waals surface area contributed by atoms with Crippen LogP contribution in [0.15, 0.2) is 28.4 Å². The van der Waals surface area contributed by atoms with E-state index in [2.05, 4.69) is 20.1 Å². The Morgan fingerprint density at radius 1 is 1.08 bits per heavy atom. The first-order valence-electron chi connectivity index (χ1n) is 6.05. The first-order chi connectivity index (χ1) is 11.4. The van der Waals surface area contributed by atoms with Crippen LogP contribution in [0.1, 0.15) is 10.4 Å². The second kappa shape index (κ2) is 8.53. The highest BCUT2D eigenvalue weighted by molar-refractivity contribution is 5.91. The van der Waals surface area contributed by atoms with Gasteiger partial charge in [-0.25, -0.2) is 4.79 Å². The van der Waals surface area contributed by atoms with Crippen LogP contribution in [0, 0.1) is 20.2 Å². The predicted octanol–water partition coefficient (Wildman–Crippen LogP) is 2.65. The average Bonchev–Trinajstić information content (AvgIpc) is 2.56. The lowest BCUT2D eigenvalue weighted by molar-refractivity contribution is -0.394. The van der Waals surface area contributed by atoms with Crippen LogP contribution in [0.25, 0.3) is 20.9 Å². The maximum atomic E-state index is 12.0. The minimum Gasteiger partial charge on any atom is -0.458 e. The van der Waals surface area contributed by atoms with Gasteiger partial charge in [0.1, 0.15) is 6.10 Å². The lowest BCUT2D eigenvalue weighted by Crippen LogP contribution is -2.24. The third kappa shape index (κ3) is 5.14. The number of carbonyl (C=O) groups is 1. The molecule has 0 amide bonds. The lowest BCUT2D eigenvalue weighted by atomic mass is 10.1. The van der Waals surface area contributed by atoms with E-state index in [4.69, 9.17) is 15.8 Å². The van der Waals surface area contributed by atoms with E-state index in [0.717, 1.165) is 12.1 Å². The molecular formula is C10H8N8O6. The maximum Gasteiger partial charge on any atom is 0.338 e. The molecule has 1 rings (SSSR count). The summed E-state index contributed by atoms with van der Waals surface area (Å²) in [5.41, 5.74) is 14.7. The minimum absolute atomic E-state index is 0.349. The number of carbonyl (C=O) groups excluding carboxylic acids is 1. The summed E-state index contributed by atoms with van der Waals surface area (Å²) in [6, 6.07) is 2.29. The number of hydrogen-bond acceptors (Lipinski definition) is 8. The van der Waals surface area contributed by atoms with Crippen molar-refractivity contribution < 1.29 is 19.4 Å². The van der Waals surface area contributed by atoms with Gasteiger partial charge >= 0.3 is 5.97 Å². The van der Waals surface area contributed by atoms with Crippen molar-refractivity contribution in [3.8, 4) is 0 Å². The van der Waals surface area contributed by atoms with Gasteiger partial charge in [-0.1, -0.05) is 10.2 Å². The Bertz CT molecular complexity index is 714. The fraction of sp³-hybridized carbons (Fsp3) is 0.300. The van der Waals surface area contributed by atoms with Gasteiger partial charge in [-0.3, -0.25) is 20.2 Å². The zero-order valence-electron chi connectivity index (χ0n) is 11.8. The van der Waals surface area contributed by atoms with Crippen LogP contribution in [0.3, 0.4) is 0 Å².